The van der Waals surface area contributed by atoms with Crippen LogP contribution in [0.4, 0.5) is 10.8 Å². The normalized spacial score (nSPS) is 20.2. The average molecular weight is 458 g/mol. The fourth-order valence-corrected chi connectivity index (χ4v) is 5.65. The van der Waals surface area contributed by atoms with Gasteiger partial charge in [0.2, 0.25) is 16.0 Å². The first-order valence-corrected chi connectivity index (χ1v) is 12.0. The third kappa shape index (κ3) is 4.21. The Labute approximate surface area is 185 Å². The van der Waals surface area contributed by atoms with E-state index < -0.39 is 15.6 Å². The number of hydrogen-bond acceptors (Lipinski definition) is 7. The molecule has 1 aliphatic heterocycles. The van der Waals surface area contributed by atoms with E-state index in [9.17, 15) is 8.42 Å². The molecule has 10 heteroatoms. The number of sulfonamides is 1. The molecule has 0 bridgehead atoms. The van der Waals surface area contributed by atoms with E-state index >= 15 is 0 Å². The molecular weight excluding hydrogens is 434 g/mol. The Morgan fingerprint density at radius 1 is 1.26 bits per heavy atom. The Kier molecular flexibility index (Phi) is 5.36. The van der Waals surface area contributed by atoms with Gasteiger partial charge in [0.15, 0.2) is 5.13 Å². The maximum absolute atomic E-state index is 12.4. The van der Waals surface area contributed by atoms with Crippen molar-refractivity contribution in [2.45, 2.75) is 12.5 Å². The first-order chi connectivity index (χ1) is 14.7. The third-order valence-electron chi connectivity index (χ3n) is 5.24. The van der Waals surface area contributed by atoms with Gasteiger partial charge in [-0.1, -0.05) is 12.1 Å². The van der Waals surface area contributed by atoms with Crippen LogP contribution < -0.4 is 15.4 Å². The minimum atomic E-state index is -3.56. The second kappa shape index (κ2) is 7.86. The quantitative estimate of drug-likeness (QED) is 0.541. The zero-order valence-corrected chi connectivity index (χ0v) is 19.0. The first kappa shape index (κ1) is 21.1. The van der Waals surface area contributed by atoms with Gasteiger partial charge in [-0.15, -0.1) is 11.3 Å². The molecule has 1 aromatic heterocycles. The molecule has 3 aromatic rings. The summed E-state index contributed by atoms with van der Waals surface area (Å²) in [5.74, 6) is 0.512. The molecule has 2 heterocycles. The second-order valence-corrected chi connectivity index (χ2v) is 10.4. The molecular formula is C21H23N5O3S2. The van der Waals surface area contributed by atoms with Crippen LogP contribution >= 0.6 is 11.3 Å². The smallest absolute Gasteiger partial charge is 0.239 e. The largest absolute Gasteiger partial charge is 0.497 e. The van der Waals surface area contributed by atoms with Crippen molar-refractivity contribution in [2.24, 2.45) is 0 Å². The van der Waals surface area contributed by atoms with Crippen LogP contribution in [0.5, 0.6) is 5.75 Å². The van der Waals surface area contributed by atoms with Crippen LogP contribution in [0.2, 0.25) is 0 Å². The Bertz CT molecular complexity index is 1220. The molecule has 0 aliphatic carbocycles. The monoisotopic (exact) mass is 457 g/mol. The number of thiazole rings is 1. The molecule has 0 radical (unpaired) electrons. The van der Waals surface area contributed by atoms with E-state index in [1.807, 2.05) is 53.9 Å². The molecule has 1 atom stereocenters. The van der Waals surface area contributed by atoms with Gasteiger partial charge in [-0.05, 0) is 48.9 Å². The summed E-state index contributed by atoms with van der Waals surface area (Å²) in [6, 6.07) is 15.2. The van der Waals surface area contributed by atoms with Gasteiger partial charge in [0.05, 0.1) is 24.1 Å². The molecule has 2 aromatic carbocycles. The van der Waals surface area contributed by atoms with Gasteiger partial charge in [0.25, 0.3) is 0 Å². The van der Waals surface area contributed by atoms with Crippen molar-refractivity contribution in [3.05, 3.63) is 59.5 Å². The minimum absolute atomic E-state index is 0.138. The molecule has 0 amide bonds. The number of benzene rings is 2. The van der Waals surface area contributed by atoms with E-state index in [1.54, 1.807) is 14.0 Å². The van der Waals surface area contributed by atoms with Crippen LogP contribution in [0.1, 0.15) is 12.5 Å². The Hall–Kier alpha value is -3.11. The Morgan fingerprint density at radius 2 is 2.00 bits per heavy atom. The number of anilines is 2. The van der Waals surface area contributed by atoms with Crippen molar-refractivity contribution in [2.75, 3.05) is 25.2 Å². The lowest BCUT2D eigenvalue weighted by Gasteiger charge is -2.40. The van der Waals surface area contributed by atoms with E-state index in [4.69, 9.17) is 10.1 Å². The van der Waals surface area contributed by atoms with Crippen molar-refractivity contribution in [3.63, 3.8) is 0 Å². The number of nitrogens with zero attached hydrogens (tertiary/aromatic N) is 2. The summed E-state index contributed by atoms with van der Waals surface area (Å²) in [7, 11) is -0.551. The fourth-order valence-electron chi connectivity index (χ4n) is 3.42. The first-order valence-electron chi connectivity index (χ1n) is 9.51. The van der Waals surface area contributed by atoms with Crippen LogP contribution in [-0.2, 0) is 15.6 Å². The lowest BCUT2D eigenvalue weighted by molar-refractivity contribution is 0.415. The summed E-state index contributed by atoms with van der Waals surface area (Å²) >= 11 is 1.48. The summed E-state index contributed by atoms with van der Waals surface area (Å²) in [6.45, 7) is 1.79. The van der Waals surface area contributed by atoms with E-state index in [0.717, 1.165) is 37.7 Å². The number of rotatable bonds is 5. The van der Waals surface area contributed by atoms with Gasteiger partial charge in [0, 0.05) is 23.7 Å². The maximum atomic E-state index is 12.4. The van der Waals surface area contributed by atoms with E-state index in [2.05, 4.69) is 15.6 Å². The number of nitrogens with one attached hydrogen (secondary N) is 3. The Balaban J connectivity index is 1.56. The SMILES string of the molecule is COc1ccc(-c2csc(Nc3cccc([C@]4(C)CS(=O)(=O)N(C)C(=N)N4)c3)n2)cc1. The molecule has 8 nitrogen and oxygen atoms in total. The topological polar surface area (TPSA) is 107 Å². The standard InChI is InChI=1S/C21H23N5O3S2/c1-21(13-31(27,28)26(2)19(22)25-21)15-5-4-6-16(11-15)23-20-24-18(12-30-20)14-7-9-17(29-3)10-8-14/h4-12H,13H2,1-3H3,(H2,22,25)(H,23,24)/t21-/m0/s1. The summed E-state index contributed by atoms with van der Waals surface area (Å²) in [6.07, 6.45) is 0. The van der Waals surface area contributed by atoms with E-state index in [-0.39, 0.29) is 11.7 Å². The zero-order valence-electron chi connectivity index (χ0n) is 17.3. The Morgan fingerprint density at radius 3 is 2.68 bits per heavy atom. The van der Waals surface area contributed by atoms with Crippen LogP contribution in [0, 0.1) is 5.41 Å². The van der Waals surface area contributed by atoms with Gasteiger partial charge >= 0.3 is 0 Å². The molecule has 1 aliphatic rings. The van der Waals surface area contributed by atoms with Crippen LogP contribution in [0.15, 0.2) is 53.9 Å². The lowest BCUT2D eigenvalue weighted by atomic mass is 9.93. The molecule has 0 unspecified atom stereocenters. The number of aromatic nitrogens is 1. The highest BCUT2D eigenvalue weighted by atomic mass is 32.2. The van der Waals surface area contributed by atoms with Crippen molar-refractivity contribution in [1.29, 1.82) is 5.41 Å². The summed E-state index contributed by atoms with van der Waals surface area (Å²) < 4.78 is 31.1. The molecule has 3 N–H and O–H groups in total. The maximum Gasteiger partial charge on any atom is 0.239 e. The van der Waals surface area contributed by atoms with E-state index in [1.165, 1.54) is 18.4 Å². The molecule has 0 saturated carbocycles. The number of ether oxygens (including phenoxy) is 1. The summed E-state index contributed by atoms with van der Waals surface area (Å²) in [5, 5.41) is 17.0. The lowest BCUT2D eigenvalue weighted by Crippen LogP contribution is -2.60. The van der Waals surface area contributed by atoms with Crippen molar-refractivity contribution in [3.8, 4) is 17.0 Å². The molecule has 1 saturated heterocycles. The number of methoxy groups -OCH3 is 1. The zero-order chi connectivity index (χ0) is 22.2. The number of guanidine groups is 1. The van der Waals surface area contributed by atoms with Crippen LogP contribution in [-0.4, -0.2) is 43.6 Å². The highest BCUT2D eigenvalue weighted by Gasteiger charge is 2.41. The van der Waals surface area contributed by atoms with Gasteiger partial charge in [0.1, 0.15) is 5.75 Å². The third-order valence-corrected chi connectivity index (χ3v) is 7.96. The minimum Gasteiger partial charge on any atom is -0.497 e. The molecule has 162 valence electrons. The molecule has 31 heavy (non-hydrogen) atoms. The highest BCUT2D eigenvalue weighted by molar-refractivity contribution is 7.89. The van der Waals surface area contributed by atoms with E-state index in [0.29, 0.717) is 0 Å². The van der Waals surface area contributed by atoms with Gasteiger partial charge in [-0.3, -0.25) is 5.41 Å². The molecule has 1 fully saturated rings. The fraction of sp³-hybridized carbons (Fsp3) is 0.238. The van der Waals surface area contributed by atoms with Crippen LogP contribution in [0.25, 0.3) is 11.3 Å². The number of hydrogen-bond donors (Lipinski definition) is 3. The van der Waals surface area contributed by atoms with Gasteiger partial charge in [-0.2, -0.15) is 0 Å². The average Bonchev–Trinajstić information content (AvgIpc) is 3.20. The van der Waals surface area contributed by atoms with Crippen molar-refractivity contribution < 1.29 is 13.2 Å². The van der Waals surface area contributed by atoms with Crippen molar-refractivity contribution >= 4 is 38.1 Å². The molecule has 0 spiro atoms. The van der Waals surface area contributed by atoms with Crippen LogP contribution in [0.3, 0.4) is 0 Å². The summed E-state index contributed by atoms with van der Waals surface area (Å²) in [5.41, 5.74) is 2.50. The summed E-state index contributed by atoms with van der Waals surface area (Å²) in [4.78, 5) is 4.65. The van der Waals surface area contributed by atoms with Gasteiger partial charge in [-0.25, -0.2) is 17.7 Å². The van der Waals surface area contributed by atoms with Gasteiger partial charge < -0.3 is 15.4 Å². The second-order valence-electron chi connectivity index (χ2n) is 7.50. The predicted molar refractivity (Wildman–Crippen MR) is 124 cm³/mol. The predicted octanol–water partition coefficient (Wildman–Crippen LogP) is 3.58. The highest BCUT2D eigenvalue weighted by Crippen LogP contribution is 2.32. The molecule has 4 rings (SSSR count). The van der Waals surface area contributed by atoms with Crippen molar-refractivity contribution in [1.82, 2.24) is 14.6 Å².